The number of amides is 1. The molecular weight excluding hydrogens is 454 g/mol. The Bertz CT molecular complexity index is 1300. The van der Waals surface area contributed by atoms with Crippen molar-refractivity contribution < 1.29 is 27.0 Å². The van der Waals surface area contributed by atoms with Crippen LogP contribution in [0.5, 0.6) is 11.5 Å². The molecule has 1 heterocycles. The summed E-state index contributed by atoms with van der Waals surface area (Å²) in [6.45, 7) is 4.11. The summed E-state index contributed by atoms with van der Waals surface area (Å²) in [5.74, 6) is 1.46. The Kier molecular flexibility index (Phi) is 6.54. The molecule has 0 aromatic heterocycles. The van der Waals surface area contributed by atoms with Crippen molar-refractivity contribution in [1.82, 2.24) is 5.32 Å². The second-order valence-electron chi connectivity index (χ2n) is 9.74. The first-order valence-corrected chi connectivity index (χ1v) is 12.5. The number of ether oxygens (including phenoxy) is 2. The van der Waals surface area contributed by atoms with E-state index in [1.165, 1.54) is 0 Å². The number of Topliss-reactive ketones (excluding diaryl/α,β-unsaturated/α-hetero) is 1. The monoisotopic (exact) mass is 489 g/mol. The lowest BCUT2D eigenvalue weighted by Gasteiger charge is -2.16. The van der Waals surface area contributed by atoms with Gasteiger partial charge in [-0.05, 0) is 78.3 Å². The quantitative estimate of drug-likeness (QED) is 0.430. The fourth-order valence-electron chi connectivity index (χ4n) is 4.84. The molecule has 0 spiro atoms. The summed E-state index contributed by atoms with van der Waals surface area (Å²) in [5, 5.41) is 12.2. The van der Waals surface area contributed by atoms with Crippen molar-refractivity contribution in [3.63, 3.8) is 0 Å². The van der Waals surface area contributed by atoms with Crippen LogP contribution in [0.3, 0.4) is 0 Å². The van der Waals surface area contributed by atoms with Gasteiger partial charge in [0.05, 0.1) is 18.1 Å². The average molecular weight is 490 g/mol. The van der Waals surface area contributed by atoms with Gasteiger partial charge in [-0.15, -0.1) is 0 Å². The van der Waals surface area contributed by atoms with Crippen molar-refractivity contribution in [1.29, 1.82) is 0 Å². The minimum Gasteiger partial charge on any atom is -0.454 e. The third kappa shape index (κ3) is 4.61. The van der Waals surface area contributed by atoms with E-state index >= 15 is 0 Å². The van der Waals surface area contributed by atoms with E-state index in [1.54, 1.807) is 12.1 Å². The molecule has 1 fully saturated rings. The zero-order chi connectivity index (χ0) is 25.3. The number of carbonyl (C=O) groups excluding carboxylic acids is 2. The van der Waals surface area contributed by atoms with Crippen LogP contribution in [-0.4, -0.2) is 36.2 Å². The molecule has 1 aliphatic carbocycles. The predicted octanol–water partition coefficient (Wildman–Crippen LogP) is 5.23. The van der Waals surface area contributed by atoms with Crippen molar-refractivity contribution in [2.24, 2.45) is 0 Å². The minimum atomic E-state index is -0.439. The molecule has 190 valence electrons. The van der Waals surface area contributed by atoms with Gasteiger partial charge in [0.15, 0.2) is 11.5 Å². The summed E-state index contributed by atoms with van der Waals surface area (Å²) < 4.78 is 10.9. The van der Waals surface area contributed by atoms with E-state index in [0.717, 1.165) is 46.4 Å². The molecule has 0 unspecified atom stereocenters. The van der Waals surface area contributed by atoms with Crippen LogP contribution in [-0.2, 0) is 16.6 Å². The Morgan fingerprint density at radius 1 is 1.03 bits per heavy atom. The Hall–Kier alpha value is -3.64. The van der Waals surface area contributed by atoms with Gasteiger partial charge in [0.25, 0.3) is 5.91 Å². The molecule has 1 aliphatic heterocycles. The van der Waals surface area contributed by atoms with Crippen molar-refractivity contribution in [2.75, 3.05) is 13.4 Å². The molecule has 3 aromatic rings. The summed E-state index contributed by atoms with van der Waals surface area (Å²) in [7, 11) is 0. The largest absolute Gasteiger partial charge is 0.454 e. The molecule has 1 amide bonds. The molecule has 6 heteroatoms. The Morgan fingerprint density at radius 3 is 2.47 bits per heavy atom. The highest BCUT2D eigenvalue weighted by atomic mass is 16.7. The maximum absolute atomic E-state index is 13.5. The topological polar surface area (TPSA) is 84.9 Å². The molecule has 1 atom stereocenters. The fraction of sp³-hybridized carbons (Fsp3) is 0.333. The van der Waals surface area contributed by atoms with Crippen LogP contribution >= 0.6 is 0 Å². The number of aryl methyl sites for hydroxylation is 1. The summed E-state index contributed by atoms with van der Waals surface area (Å²) in [5.41, 5.74) is 5.23. The molecule has 0 bridgehead atoms. The van der Waals surface area contributed by atoms with E-state index in [0.29, 0.717) is 24.2 Å². The molecule has 6 nitrogen and oxygen atoms in total. The zero-order valence-corrected chi connectivity index (χ0v) is 20.7. The van der Waals surface area contributed by atoms with Crippen molar-refractivity contribution in [3.8, 4) is 22.6 Å². The van der Waals surface area contributed by atoms with Crippen molar-refractivity contribution in [2.45, 2.75) is 51.0 Å². The number of nitrogens with one attached hydrogen (secondary N) is 1. The van der Waals surface area contributed by atoms with Gasteiger partial charge in [-0.1, -0.05) is 43.3 Å². The van der Waals surface area contributed by atoms with Crippen molar-refractivity contribution >= 4 is 11.7 Å². The molecule has 0 radical (unpaired) electrons. The second-order valence-corrected chi connectivity index (χ2v) is 9.74. The molecular formula is C30H35NO5. The van der Waals surface area contributed by atoms with Crippen LogP contribution in [0.2, 0.25) is 0 Å². The maximum Gasteiger partial charge on any atom is 0.251 e. The van der Waals surface area contributed by atoms with E-state index in [9.17, 15) is 14.7 Å². The summed E-state index contributed by atoms with van der Waals surface area (Å²) in [6.07, 6.45) is 2.73. The van der Waals surface area contributed by atoms with Gasteiger partial charge in [0, 0.05) is 14.8 Å². The number of benzene rings is 3. The highest BCUT2D eigenvalue weighted by Crippen LogP contribution is 2.51. The Balaban J connectivity index is 0.00000200. The molecule has 36 heavy (non-hydrogen) atoms. The molecule has 3 aromatic carbocycles. The van der Waals surface area contributed by atoms with E-state index in [-0.39, 0.29) is 34.0 Å². The lowest BCUT2D eigenvalue weighted by molar-refractivity contribution is -0.120. The van der Waals surface area contributed by atoms with Gasteiger partial charge in [-0.2, -0.15) is 0 Å². The summed E-state index contributed by atoms with van der Waals surface area (Å²) in [6, 6.07) is 19.2. The number of rotatable bonds is 9. The number of aliphatic hydroxyl groups excluding tert-OH is 1. The second kappa shape index (κ2) is 9.78. The van der Waals surface area contributed by atoms with Crippen LogP contribution in [0.15, 0.2) is 60.7 Å². The third-order valence-corrected chi connectivity index (χ3v) is 7.38. The standard InChI is InChI=1S/C30H31NO5.2H2/c1-3-24(17-32)31-29(34)22-8-6-21(7-9-22)25-14-20(5-4-19(25)2)15-28(33)30(12-13-30)23-10-11-26-27(16-23)36-18-35-26;;/h4-11,14,16,24,32H,3,12-13,15,17-18H2,1-2H3,(H,31,34);2*1H/t24-;;/m1../s1. The minimum absolute atomic E-state index is 0. The highest BCUT2D eigenvalue weighted by Gasteiger charge is 2.50. The number of hydrogen-bond acceptors (Lipinski definition) is 5. The third-order valence-electron chi connectivity index (χ3n) is 7.38. The van der Waals surface area contributed by atoms with E-state index in [1.807, 2.05) is 56.3 Å². The van der Waals surface area contributed by atoms with Crippen LogP contribution in [0.25, 0.3) is 11.1 Å². The summed E-state index contributed by atoms with van der Waals surface area (Å²) >= 11 is 0. The van der Waals surface area contributed by atoms with Gasteiger partial charge in [-0.25, -0.2) is 0 Å². The normalized spacial score (nSPS) is 15.9. The SMILES string of the molecule is CC[C@H](CO)NC(=O)c1ccc(-c2cc(CC(=O)C3(c4ccc5c(c4)OCO5)CC3)ccc2C)cc1.[HH].[HH]. The number of hydrogen-bond donors (Lipinski definition) is 2. The van der Waals surface area contributed by atoms with Crippen LogP contribution in [0, 0.1) is 6.92 Å². The molecule has 1 saturated carbocycles. The van der Waals surface area contributed by atoms with Crippen LogP contribution in [0.4, 0.5) is 0 Å². The van der Waals surface area contributed by atoms with Gasteiger partial charge in [0.2, 0.25) is 6.79 Å². The number of aliphatic hydroxyl groups is 1. The molecule has 0 saturated heterocycles. The van der Waals surface area contributed by atoms with Crippen molar-refractivity contribution in [3.05, 3.63) is 82.9 Å². The predicted molar refractivity (Wildman–Crippen MR) is 142 cm³/mol. The maximum atomic E-state index is 13.5. The Labute approximate surface area is 214 Å². The Morgan fingerprint density at radius 2 is 1.78 bits per heavy atom. The lowest BCUT2D eigenvalue weighted by atomic mass is 9.87. The zero-order valence-electron chi connectivity index (χ0n) is 20.7. The highest BCUT2D eigenvalue weighted by molar-refractivity contribution is 5.96. The van der Waals surface area contributed by atoms with Gasteiger partial charge in [-0.3, -0.25) is 9.59 Å². The number of ketones is 1. The van der Waals surface area contributed by atoms with E-state index in [2.05, 4.69) is 11.4 Å². The summed E-state index contributed by atoms with van der Waals surface area (Å²) in [4.78, 5) is 25.9. The fourth-order valence-corrected chi connectivity index (χ4v) is 4.84. The number of carbonyl (C=O) groups is 2. The van der Waals surface area contributed by atoms with E-state index < -0.39 is 5.41 Å². The lowest BCUT2D eigenvalue weighted by Crippen LogP contribution is -2.36. The van der Waals surface area contributed by atoms with Gasteiger partial charge in [0.1, 0.15) is 5.78 Å². The number of fused-ring (bicyclic) bond motifs is 1. The molecule has 2 N–H and O–H groups in total. The van der Waals surface area contributed by atoms with E-state index in [4.69, 9.17) is 9.47 Å². The van der Waals surface area contributed by atoms with Crippen LogP contribution < -0.4 is 14.8 Å². The van der Waals surface area contributed by atoms with Gasteiger partial charge < -0.3 is 19.9 Å². The molecule has 2 aliphatic rings. The first-order valence-electron chi connectivity index (χ1n) is 12.5. The average Bonchev–Trinajstić information content (AvgIpc) is 3.59. The molecule has 5 rings (SSSR count). The van der Waals surface area contributed by atoms with Crippen LogP contribution in [0.1, 0.15) is 56.1 Å². The smallest absolute Gasteiger partial charge is 0.251 e. The van der Waals surface area contributed by atoms with Gasteiger partial charge >= 0.3 is 0 Å². The first-order chi connectivity index (χ1) is 17.4. The first kappa shape index (κ1) is 24.1.